The fourth-order valence-corrected chi connectivity index (χ4v) is 3.68. The molecule has 0 amide bonds. The van der Waals surface area contributed by atoms with Crippen molar-refractivity contribution >= 4 is 14.4 Å². The maximum absolute atomic E-state index is 10.2. The van der Waals surface area contributed by atoms with Crippen LogP contribution in [-0.2, 0) is 11.0 Å². The van der Waals surface area contributed by atoms with Gasteiger partial charge in [-0.2, -0.15) is 0 Å². The Hall–Kier alpha value is -0.903. The van der Waals surface area contributed by atoms with Crippen LogP contribution in [0.15, 0.2) is 30.3 Å². The maximum Gasteiger partial charge on any atom is 0.192 e. The highest BCUT2D eigenvalue weighted by Gasteiger charge is 2.36. The van der Waals surface area contributed by atoms with E-state index in [1.54, 1.807) is 0 Å². The van der Waals surface area contributed by atoms with Crippen molar-refractivity contribution in [3.05, 3.63) is 41.5 Å². The van der Waals surface area contributed by atoms with E-state index in [1.165, 1.54) is 37.7 Å². The molecule has 0 aliphatic rings. The SMILES string of the molecule is CCCCCCCCC(O)/C=C/c1cccc(CO[Si](C)(C)C(C)(C)C)c1. The van der Waals surface area contributed by atoms with Crippen LogP contribution in [0.1, 0.15) is 83.8 Å². The van der Waals surface area contributed by atoms with E-state index in [9.17, 15) is 5.11 Å². The minimum absolute atomic E-state index is 0.227. The molecule has 0 aromatic heterocycles. The molecule has 1 N–H and O–H groups in total. The smallest absolute Gasteiger partial charge is 0.192 e. The number of rotatable bonds is 12. The van der Waals surface area contributed by atoms with Crippen molar-refractivity contribution in [3.8, 4) is 0 Å². The Bertz CT molecular complexity index is 558. The van der Waals surface area contributed by atoms with Gasteiger partial charge in [-0.1, -0.05) is 96.6 Å². The molecule has 0 aliphatic carbocycles. The Morgan fingerprint density at radius 1 is 1.07 bits per heavy atom. The molecule has 0 radical (unpaired) electrons. The summed E-state index contributed by atoms with van der Waals surface area (Å²) in [7, 11) is -1.73. The summed E-state index contributed by atoms with van der Waals surface area (Å²) < 4.78 is 6.32. The maximum atomic E-state index is 10.2. The van der Waals surface area contributed by atoms with E-state index >= 15 is 0 Å². The Balaban J connectivity index is 2.45. The highest BCUT2D eigenvalue weighted by molar-refractivity contribution is 6.74. The Labute approximate surface area is 169 Å². The van der Waals surface area contributed by atoms with E-state index in [4.69, 9.17) is 4.43 Å². The molecule has 0 bridgehead atoms. The molecule has 2 nitrogen and oxygen atoms in total. The molecular weight excluding hydrogens is 348 g/mol. The topological polar surface area (TPSA) is 29.5 Å². The standard InChI is InChI=1S/C24H42O2Si/c1-7-8-9-10-11-12-16-23(25)18-17-21-14-13-15-22(19-21)20-26-27(5,6)24(2,3)4/h13-15,17-19,23,25H,7-12,16,20H2,1-6H3/b18-17+. The summed E-state index contributed by atoms with van der Waals surface area (Å²) in [6.07, 6.45) is 12.0. The molecule has 1 aromatic carbocycles. The van der Waals surface area contributed by atoms with Gasteiger partial charge >= 0.3 is 0 Å². The highest BCUT2D eigenvalue weighted by atomic mass is 28.4. The number of hydrogen-bond acceptors (Lipinski definition) is 2. The number of hydrogen-bond donors (Lipinski definition) is 1. The molecule has 0 saturated carbocycles. The van der Waals surface area contributed by atoms with Gasteiger partial charge in [-0.05, 0) is 41.7 Å². The van der Waals surface area contributed by atoms with Crippen LogP contribution in [0.4, 0.5) is 0 Å². The van der Waals surface area contributed by atoms with Gasteiger partial charge in [-0.15, -0.1) is 0 Å². The first-order chi connectivity index (χ1) is 12.7. The molecule has 0 saturated heterocycles. The van der Waals surface area contributed by atoms with Crippen LogP contribution < -0.4 is 0 Å². The Morgan fingerprint density at radius 3 is 2.41 bits per heavy atom. The Kier molecular flexibility index (Phi) is 10.6. The van der Waals surface area contributed by atoms with Crippen LogP contribution in [-0.4, -0.2) is 19.5 Å². The molecule has 1 aromatic rings. The second-order valence-corrected chi connectivity index (χ2v) is 14.1. The van der Waals surface area contributed by atoms with Crippen LogP contribution in [0, 0.1) is 0 Å². The summed E-state index contributed by atoms with van der Waals surface area (Å²) in [5, 5.41) is 10.4. The fraction of sp³-hybridized carbons (Fsp3) is 0.667. The van der Waals surface area contributed by atoms with Gasteiger partial charge in [-0.3, -0.25) is 0 Å². The van der Waals surface area contributed by atoms with Gasteiger partial charge < -0.3 is 9.53 Å². The van der Waals surface area contributed by atoms with E-state index in [0.29, 0.717) is 6.61 Å². The summed E-state index contributed by atoms with van der Waals surface area (Å²) >= 11 is 0. The molecule has 27 heavy (non-hydrogen) atoms. The van der Waals surface area contributed by atoms with Crippen LogP contribution >= 0.6 is 0 Å². The lowest BCUT2D eigenvalue weighted by Gasteiger charge is -2.36. The third-order valence-electron chi connectivity index (χ3n) is 5.72. The number of benzene rings is 1. The molecule has 1 atom stereocenters. The van der Waals surface area contributed by atoms with Gasteiger partial charge in [0.2, 0.25) is 0 Å². The summed E-state index contributed by atoms with van der Waals surface area (Å²) in [5.41, 5.74) is 2.33. The molecule has 1 unspecified atom stereocenters. The molecule has 0 fully saturated rings. The summed E-state index contributed by atoms with van der Waals surface area (Å²) in [6, 6.07) is 8.45. The van der Waals surface area contributed by atoms with Gasteiger partial charge in [0.15, 0.2) is 8.32 Å². The van der Waals surface area contributed by atoms with Crippen LogP contribution in [0.2, 0.25) is 18.1 Å². The fourth-order valence-electron chi connectivity index (χ4n) is 2.72. The van der Waals surface area contributed by atoms with E-state index in [1.807, 2.05) is 12.2 Å². The summed E-state index contributed by atoms with van der Waals surface area (Å²) in [4.78, 5) is 0. The quantitative estimate of drug-likeness (QED) is 0.299. The van der Waals surface area contributed by atoms with Crippen molar-refractivity contribution in [2.24, 2.45) is 0 Å². The van der Waals surface area contributed by atoms with Crippen molar-refractivity contribution in [1.82, 2.24) is 0 Å². The first kappa shape index (κ1) is 24.1. The Morgan fingerprint density at radius 2 is 1.74 bits per heavy atom. The molecule has 0 aliphatic heterocycles. The predicted molar refractivity (Wildman–Crippen MR) is 121 cm³/mol. The van der Waals surface area contributed by atoms with Crippen LogP contribution in [0.3, 0.4) is 0 Å². The zero-order valence-corrected chi connectivity index (χ0v) is 19.6. The van der Waals surface area contributed by atoms with Gasteiger partial charge in [0.1, 0.15) is 0 Å². The third-order valence-corrected chi connectivity index (χ3v) is 10.2. The van der Waals surface area contributed by atoms with Gasteiger partial charge in [0.05, 0.1) is 12.7 Å². The molecular formula is C24H42O2Si. The number of aliphatic hydroxyl groups is 1. The first-order valence-corrected chi connectivity index (χ1v) is 13.7. The van der Waals surface area contributed by atoms with Gasteiger partial charge in [0.25, 0.3) is 0 Å². The van der Waals surface area contributed by atoms with Crippen molar-refractivity contribution in [2.75, 3.05) is 0 Å². The van der Waals surface area contributed by atoms with Crippen LogP contribution in [0.25, 0.3) is 6.08 Å². The first-order valence-electron chi connectivity index (χ1n) is 10.7. The van der Waals surface area contributed by atoms with Gasteiger partial charge in [0, 0.05) is 0 Å². The molecule has 0 spiro atoms. The highest BCUT2D eigenvalue weighted by Crippen LogP contribution is 2.37. The van der Waals surface area contributed by atoms with E-state index < -0.39 is 8.32 Å². The summed E-state index contributed by atoms with van der Waals surface area (Å²) in [6.45, 7) is 14.3. The lowest BCUT2D eigenvalue weighted by Crippen LogP contribution is -2.40. The van der Waals surface area contributed by atoms with Crippen molar-refractivity contribution in [2.45, 2.75) is 103 Å². The second-order valence-electron chi connectivity index (χ2n) is 9.28. The largest absolute Gasteiger partial charge is 0.413 e. The van der Waals surface area contributed by atoms with Crippen molar-refractivity contribution < 1.29 is 9.53 Å². The minimum atomic E-state index is -1.73. The monoisotopic (exact) mass is 390 g/mol. The van der Waals surface area contributed by atoms with E-state index in [-0.39, 0.29) is 11.1 Å². The third kappa shape index (κ3) is 9.73. The lowest BCUT2D eigenvalue weighted by molar-refractivity contribution is 0.209. The minimum Gasteiger partial charge on any atom is -0.413 e. The van der Waals surface area contributed by atoms with Gasteiger partial charge in [-0.25, -0.2) is 0 Å². The summed E-state index contributed by atoms with van der Waals surface area (Å²) in [5.74, 6) is 0. The second kappa shape index (κ2) is 11.8. The van der Waals surface area contributed by atoms with Crippen molar-refractivity contribution in [3.63, 3.8) is 0 Å². The number of aliphatic hydroxyl groups excluding tert-OH is 1. The zero-order valence-electron chi connectivity index (χ0n) is 18.6. The molecule has 3 heteroatoms. The van der Waals surface area contributed by atoms with Crippen molar-refractivity contribution in [1.29, 1.82) is 0 Å². The van der Waals surface area contributed by atoms with E-state index in [2.05, 4.69) is 65.1 Å². The van der Waals surface area contributed by atoms with E-state index in [0.717, 1.165) is 18.4 Å². The van der Waals surface area contributed by atoms with Crippen LogP contribution in [0.5, 0.6) is 0 Å². The normalized spacial score (nSPS) is 14.0. The number of unbranched alkanes of at least 4 members (excludes halogenated alkanes) is 5. The zero-order chi connectivity index (χ0) is 20.3. The molecule has 0 heterocycles. The molecule has 154 valence electrons. The lowest BCUT2D eigenvalue weighted by atomic mass is 10.1. The average Bonchev–Trinajstić information content (AvgIpc) is 2.60. The predicted octanol–water partition coefficient (Wildman–Crippen LogP) is 7.33. The average molecular weight is 391 g/mol. The molecule has 1 rings (SSSR count).